The average molecular weight is 310 g/mol. The number of rotatable bonds is 5. The van der Waals surface area contributed by atoms with Gasteiger partial charge in [-0.2, -0.15) is 0 Å². The third kappa shape index (κ3) is 6.93. The number of amides is 3. The zero-order valence-corrected chi connectivity index (χ0v) is 14.2. The van der Waals surface area contributed by atoms with Crippen molar-refractivity contribution in [1.29, 1.82) is 0 Å². The van der Waals surface area contributed by atoms with Crippen molar-refractivity contribution in [3.05, 3.63) is 12.7 Å². The lowest BCUT2D eigenvalue weighted by atomic mass is 10.1. The van der Waals surface area contributed by atoms with Crippen LogP contribution in [0.15, 0.2) is 12.7 Å². The van der Waals surface area contributed by atoms with Gasteiger partial charge in [0, 0.05) is 31.2 Å². The summed E-state index contributed by atoms with van der Waals surface area (Å²) in [4.78, 5) is 26.2. The van der Waals surface area contributed by atoms with Crippen LogP contribution in [-0.2, 0) is 4.79 Å². The molecule has 6 nitrogen and oxygen atoms in total. The van der Waals surface area contributed by atoms with Gasteiger partial charge in [0.15, 0.2) is 0 Å². The second-order valence-corrected chi connectivity index (χ2v) is 6.94. The molecule has 1 heterocycles. The highest BCUT2D eigenvalue weighted by Crippen LogP contribution is 2.09. The zero-order chi connectivity index (χ0) is 16.8. The van der Waals surface area contributed by atoms with Crippen LogP contribution < -0.4 is 16.0 Å². The first kappa shape index (κ1) is 18.5. The molecule has 6 heteroatoms. The van der Waals surface area contributed by atoms with E-state index in [9.17, 15) is 9.59 Å². The van der Waals surface area contributed by atoms with Crippen LogP contribution in [0.2, 0.25) is 0 Å². The molecule has 1 aliphatic rings. The highest BCUT2D eigenvalue weighted by atomic mass is 16.2. The molecule has 1 saturated heterocycles. The number of hydrogen-bond donors (Lipinski definition) is 3. The molecule has 1 atom stereocenters. The number of nitrogens with one attached hydrogen (secondary N) is 3. The number of likely N-dealkylation sites (tertiary alicyclic amines) is 1. The third-order valence-corrected chi connectivity index (χ3v) is 3.55. The van der Waals surface area contributed by atoms with E-state index in [0.29, 0.717) is 0 Å². The molecule has 1 fully saturated rings. The summed E-state index contributed by atoms with van der Waals surface area (Å²) in [5.41, 5.74) is -0.304. The van der Waals surface area contributed by atoms with Gasteiger partial charge in [-0.3, -0.25) is 9.69 Å². The van der Waals surface area contributed by atoms with Gasteiger partial charge >= 0.3 is 6.03 Å². The number of hydrogen-bond acceptors (Lipinski definition) is 3. The van der Waals surface area contributed by atoms with Crippen LogP contribution in [-0.4, -0.2) is 54.1 Å². The maximum absolute atomic E-state index is 12.0. The Bertz CT molecular complexity index is 395. The van der Waals surface area contributed by atoms with Gasteiger partial charge in [0.25, 0.3) is 0 Å². The normalized spacial score (nSPS) is 18.4. The molecule has 0 aromatic carbocycles. The molecule has 1 rings (SSSR count). The Morgan fingerprint density at radius 2 is 1.91 bits per heavy atom. The van der Waals surface area contributed by atoms with Crippen molar-refractivity contribution < 1.29 is 9.59 Å². The van der Waals surface area contributed by atoms with Gasteiger partial charge < -0.3 is 16.0 Å². The second kappa shape index (κ2) is 8.17. The minimum atomic E-state index is -0.555. The molecule has 126 valence electrons. The molecule has 0 bridgehead atoms. The SMILES string of the molecule is C=CCN1CCC(NC(=O)NC(C)C(=O)NC(C)(C)C)CC1. The first-order valence-corrected chi connectivity index (χ1v) is 7.93. The Morgan fingerprint density at radius 1 is 1.32 bits per heavy atom. The summed E-state index contributed by atoms with van der Waals surface area (Å²) in [5.74, 6) is -0.177. The van der Waals surface area contributed by atoms with E-state index < -0.39 is 6.04 Å². The number of carbonyl (C=O) groups excluding carboxylic acids is 2. The zero-order valence-electron chi connectivity index (χ0n) is 14.2. The topological polar surface area (TPSA) is 73.5 Å². The molecule has 1 aliphatic heterocycles. The first-order chi connectivity index (χ1) is 10.2. The predicted molar refractivity (Wildman–Crippen MR) is 88.7 cm³/mol. The highest BCUT2D eigenvalue weighted by molar-refractivity contribution is 5.87. The molecule has 3 amide bonds. The lowest BCUT2D eigenvalue weighted by Gasteiger charge is -2.31. The van der Waals surface area contributed by atoms with Crippen molar-refractivity contribution in [3.63, 3.8) is 0 Å². The van der Waals surface area contributed by atoms with Crippen LogP contribution in [0.4, 0.5) is 4.79 Å². The van der Waals surface area contributed by atoms with Crippen LogP contribution in [0.1, 0.15) is 40.5 Å². The summed E-state index contributed by atoms with van der Waals surface area (Å²) in [6, 6.07) is -0.669. The van der Waals surface area contributed by atoms with Crippen LogP contribution >= 0.6 is 0 Å². The maximum Gasteiger partial charge on any atom is 0.315 e. The van der Waals surface area contributed by atoms with Crippen molar-refractivity contribution in [2.45, 2.75) is 58.2 Å². The Kier molecular flexibility index (Phi) is 6.87. The molecule has 0 saturated carbocycles. The summed E-state index contributed by atoms with van der Waals surface area (Å²) in [5, 5.41) is 8.49. The van der Waals surface area contributed by atoms with E-state index >= 15 is 0 Å². The van der Waals surface area contributed by atoms with E-state index in [1.807, 2.05) is 26.8 Å². The average Bonchev–Trinajstić information content (AvgIpc) is 2.39. The number of nitrogens with zero attached hydrogens (tertiary/aromatic N) is 1. The van der Waals surface area contributed by atoms with Crippen LogP contribution in [0.25, 0.3) is 0 Å². The quantitative estimate of drug-likeness (QED) is 0.669. The van der Waals surface area contributed by atoms with E-state index in [1.54, 1.807) is 6.92 Å². The Hall–Kier alpha value is -1.56. The summed E-state index contributed by atoms with van der Waals surface area (Å²) in [7, 11) is 0. The van der Waals surface area contributed by atoms with Crippen LogP contribution in [0.5, 0.6) is 0 Å². The van der Waals surface area contributed by atoms with E-state index in [4.69, 9.17) is 0 Å². The fourth-order valence-electron chi connectivity index (χ4n) is 2.41. The number of carbonyl (C=O) groups is 2. The van der Waals surface area contributed by atoms with Gasteiger partial charge in [0.05, 0.1) is 0 Å². The minimum absolute atomic E-state index is 0.166. The molecule has 22 heavy (non-hydrogen) atoms. The van der Waals surface area contributed by atoms with E-state index in [1.165, 1.54) is 0 Å². The van der Waals surface area contributed by atoms with Gasteiger partial charge in [-0.15, -0.1) is 6.58 Å². The molecule has 0 radical (unpaired) electrons. The van der Waals surface area contributed by atoms with E-state index in [-0.39, 0.29) is 23.5 Å². The molecule has 0 aromatic heterocycles. The fraction of sp³-hybridized carbons (Fsp3) is 0.750. The van der Waals surface area contributed by atoms with Crippen molar-refractivity contribution >= 4 is 11.9 Å². The third-order valence-electron chi connectivity index (χ3n) is 3.55. The summed E-state index contributed by atoms with van der Waals surface area (Å²) in [6.07, 6.45) is 3.74. The standard InChI is InChI=1S/C16H30N4O2/c1-6-9-20-10-7-13(8-11-20)18-15(22)17-12(2)14(21)19-16(3,4)5/h6,12-13H,1,7-11H2,2-5H3,(H,19,21)(H2,17,18,22). The summed E-state index contributed by atoms with van der Waals surface area (Å²) in [6.45, 7) is 14.0. The maximum atomic E-state index is 12.0. The Balaban J connectivity index is 2.31. The minimum Gasteiger partial charge on any atom is -0.350 e. The van der Waals surface area contributed by atoms with Crippen molar-refractivity contribution in [2.75, 3.05) is 19.6 Å². The van der Waals surface area contributed by atoms with Crippen molar-refractivity contribution in [2.24, 2.45) is 0 Å². The fourth-order valence-corrected chi connectivity index (χ4v) is 2.41. The number of piperidine rings is 1. The largest absolute Gasteiger partial charge is 0.350 e. The van der Waals surface area contributed by atoms with Crippen molar-refractivity contribution in [1.82, 2.24) is 20.9 Å². The smallest absolute Gasteiger partial charge is 0.315 e. The Labute approximate surface area is 133 Å². The van der Waals surface area contributed by atoms with Gasteiger partial charge in [-0.1, -0.05) is 6.08 Å². The predicted octanol–water partition coefficient (Wildman–Crippen LogP) is 1.24. The van der Waals surface area contributed by atoms with Gasteiger partial charge in [0.1, 0.15) is 6.04 Å². The molecule has 0 aliphatic carbocycles. The Morgan fingerprint density at radius 3 is 2.41 bits per heavy atom. The lowest BCUT2D eigenvalue weighted by molar-refractivity contribution is -0.123. The molecule has 0 aromatic rings. The van der Waals surface area contributed by atoms with Gasteiger partial charge in [-0.25, -0.2) is 4.79 Å². The molecule has 1 unspecified atom stereocenters. The lowest BCUT2D eigenvalue weighted by Crippen LogP contribution is -2.54. The van der Waals surface area contributed by atoms with Crippen molar-refractivity contribution in [3.8, 4) is 0 Å². The molecule has 0 spiro atoms. The van der Waals surface area contributed by atoms with Crippen LogP contribution in [0, 0.1) is 0 Å². The van der Waals surface area contributed by atoms with E-state index in [2.05, 4.69) is 27.4 Å². The monoisotopic (exact) mass is 310 g/mol. The summed E-state index contributed by atoms with van der Waals surface area (Å²) < 4.78 is 0. The first-order valence-electron chi connectivity index (χ1n) is 7.93. The summed E-state index contributed by atoms with van der Waals surface area (Å²) >= 11 is 0. The van der Waals surface area contributed by atoms with Gasteiger partial charge in [0.2, 0.25) is 5.91 Å². The van der Waals surface area contributed by atoms with Crippen LogP contribution in [0.3, 0.4) is 0 Å². The number of urea groups is 1. The molecular formula is C16H30N4O2. The highest BCUT2D eigenvalue weighted by Gasteiger charge is 2.23. The van der Waals surface area contributed by atoms with Gasteiger partial charge in [-0.05, 0) is 40.5 Å². The molecular weight excluding hydrogens is 280 g/mol. The van der Waals surface area contributed by atoms with E-state index in [0.717, 1.165) is 32.5 Å². The molecule has 3 N–H and O–H groups in total. The second-order valence-electron chi connectivity index (χ2n) is 6.94.